The number of hydrogen-bond acceptors (Lipinski definition) is 8. The Morgan fingerprint density at radius 1 is 0.765 bits per heavy atom. The summed E-state index contributed by atoms with van der Waals surface area (Å²) in [6.45, 7) is 1.19. The van der Waals surface area contributed by atoms with Crippen LogP contribution >= 0.6 is 0 Å². The van der Waals surface area contributed by atoms with Crippen molar-refractivity contribution in [3.63, 3.8) is 0 Å². The summed E-state index contributed by atoms with van der Waals surface area (Å²) in [5, 5.41) is 9.48. The smallest absolute Gasteiger partial charge is 0.306 e. The third-order valence-electron chi connectivity index (χ3n) is 6.28. The molecule has 1 heterocycles. The van der Waals surface area contributed by atoms with Crippen LogP contribution in [0.15, 0.2) is 24.3 Å². The fraction of sp³-hybridized carbons (Fsp3) is 0.480. The maximum Gasteiger partial charge on any atom is 0.306 e. The van der Waals surface area contributed by atoms with E-state index in [1.807, 2.05) is 18.2 Å². The van der Waals surface area contributed by atoms with Gasteiger partial charge in [-0.25, -0.2) is 0 Å². The molecule has 9 nitrogen and oxygen atoms in total. The number of carboxylic acid groups (broad SMARTS) is 1. The van der Waals surface area contributed by atoms with Crippen molar-refractivity contribution in [2.24, 2.45) is 5.92 Å². The van der Waals surface area contributed by atoms with E-state index in [1.54, 1.807) is 48.7 Å². The van der Waals surface area contributed by atoms with E-state index in [-0.39, 0.29) is 12.0 Å². The average Bonchev–Trinajstić information content (AvgIpc) is 2.87. The number of benzene rings is 2. The molecule has 1 atom stereocenters. The molecule has 9 heteroatoms. The van der Waals surface area contributed by atoms with Crippen molar-refractivity contribution < 1.29 is 38.3 Å². The molecule has 0 radical (unpaired) electrons. The fourth-order valence-electron chi connectivity index (χ4n) is 4.52. The summed E-state index contributed by atoms with van der Waals surface area (Å²) in [4.78, 5) is 13.8. The summed E-state index contributed by atoms with van der Waals surface area (Å²) >= 11 is 0. The monoisotopic (exact) mass is 475 g/mol. The van der Waals surface area contributed by atoms with Crippen molar-refractivity contribution in [2.45, 2.75) is 18.9 Å². The lowest BCUT2D eigenvalue weighted by molar-refractivity contribution is -0.143. The van der Waals surface area contributed by atoms with E-state index in [4.69, 9.17) is 28.4 Å². The van der Waals surface area contributed by atoms with Gasteiger partial charge in [0.2, 0.25) is 5.75 Å². The minimum atomic E-state index is -0.757. The summed E-state index contributed by atoms with van der Waals surface area (Å²) in [6, 6.07) is 7.22. The van der Waals surface area contributed by atoms with Crippen LogP contribution in [-0.2, 0) is 4.79 Å². The molecule has 0 aliphatic carbocycles. The number of methoxy groups -OCH3 is 6. The van der Waals surface area contributed by atoms with E-state index >= 15 is 0 Å². The second-order valence-corrected chi connectivity index (χ2v) is 7.96. The Kier molecular flexibility index (Phi) is 8.33. The summed E-state index contributed by atoms with van der Waals surface area (Å²) in [6.07, 6.45) is 1.09. The van der Waals surface area contributed by atoms with E-state index in [9.17, 15) is 9.90 Å². The predicted molar refractivity (Wildman–Crippen MR) is 126 cm³/mol. The number of nitrogens with zero attached hydrogens (tertiary/aromatic N) is 1. The number of aliphatic carboxylic acids is 1. The van der Waals surface area contributed by atoms with Crippen molar-refractivity contribution in [3.05, 3.63) is 35.4 Å². The normalized spacial score (nSPS) is 15.4. The molecule has 186 valence electrons. The standard InChI is InChI=1S/C25H33NO8/c1-29-18-14-20(31-3)19(30-2)13-17(18)23(26-9-7-15(8-10-26)25(27)28)16-11-21(32-4)24(34-6)22(12-16)33-5/h11-15,23H,7-10H2,1-6H3,(H,27,28). The van der Waals surface area contributed by atoms with Crippen molar-refractivity contribution in [1.82, 2.24) is 4.90 Å². The molecular formula is C25H33NO8. The topological polar surface area (TPSA) is 95.9 Å². The predicted octanol–water partition coefficient (Wildman–Crippen LogP) is 3.62. The Morgan fingerprint density at radius 2 is 1.26 bits per heavy atom. The highest BCUT2D eigenvalue weighted by atomic mass is 16.5. The number of carbonyl (C=O) groups is 1. The zero-order valence-corrected chi connectivity index (χ0v) is 20.5. The van der Waals surface area contributed by atoms with Gasteiger partial charge in [-0.05, 0) is 49.7 Å². The third kappa shape index (κ3) is 4.94. The SMILES string of the molecule is COc1cc(OC)c(C(c2cc(OC)c(OC)c(OC)c2)N2CCC(C(=O)O)CC2)cc1OC. The fourth-order valence-corrected chi connectivity index (χ4v) is 4.52. The molecule has 0 spiro atoms. The molecule has 34 heavy (non-hydrogen) atoms. The Hall–Kier alpha value is -3.33. The van der Waals surface area contributed by atoms with Gasteiger partial charge in [0.15, 0.2) is 23.0 Å². The first-order chi connectivity index (χ1) is 16.4. The van der Waals surface area contributed by atoms with E-state index in [2.05, 4.69) is 4.90 Å². The number of hydrogen-bond donors (Lipinski definition) is 1. The van der Waals surface area contributed by atoms with Crippen molar-refractivity contribution >= 4 is 5.97 Å². The van der Waals surface area contributed by atoms with Crippen molar-refractivity contribution in [3.8, 4) is 34.5 Å². The molecule has 1 N–H and O–H groups in total. The van der Waals surface area contributed by atoms with Crippen molar-refractivity contribution in [2.75, 3.05) is 55.7 Å². The van der Waals surface area contributed by atoms with Crippen LogP contribution in [0.5, 0.6) is 34.5 Å². The van der Waals surface area contributed by atoms with Gasteiger partial charge in [0, 0.05) is 11.6 Å². The highest BCUT2D eigenvalue weighted by Gasteiger charge is 2.33. The maximum absolute atomic E-state index is 11.5. The summed E-state index contributed by atoms with van der Waals surface area (Å²) in [5.41, 5.74) is 1.73. The summed E-state index contributed by atoms with van der Waals surface area (Å²) < 4.78 is 33.5. The van der Waals surface area contributed by atoms with Gasteiger partial charge < -0.3 is 33.5 Å². The van der Waals surface area contributed by atoms with E-state index < -0.39 is 5.97 Å². The molecular weight excluding hydrogens is 442 g/mol. The third-order valence-corrected chi connectivity index (χ3v) is 6.28. The highest BCUT2D eigenvalue weighted by Crippen LogP contribution is 2.46. The quantitative estimate of drug-likeness (QED) is 0.553. The maximum atomic E-state index is 11.5. The van der Waals surface area contributed by atoms with Gasteiger partial charge >= 0.3 is 5.97 Å². The van der Waals surface area contributed by atoms with E-state index in [1.165, 1.54) is 0 Å². The number of likely N-dealkylation sites (tertiary alicyclic amines) is 1. The molecule has 0 aromatic heterocycles. The molecule has 2 aromatic rings. The van der Waals surface area contributed by atoms with Gasteiger partial charge in [0.25, 0.3) is 0 Å². The Labute approximate surface area is 200 Å². The van der Waals surface area contributed by atoms with E-state index in [0.29, 0.717) is 60.4 Å². The minimum absolute atomic E-state index is 0.293. The first kappa shape index (κ1) is 25.3. The lowest BCUT2D eigenvalue weighted by atomic mass is 9.90. The van der Waals surface area contributed by atoms with Crippen LogP contribution in [0.1, 0.15) is 30.0 Å². The molecule has 0 saturated carbocycles. The molecule has 0 bridgehead atoms. The zero-order valence-electron chi connectivity index (χ0n) is 20.5. The Morgan fingerprint density at radius 3 is 1.71 bits per heavy atom. The van der Waals surface area contributed by atoms with Gasteiger partial charge in [0.05, 0.1) is 54.6 Å². The van der Waals surface area contributed by atoms with Crippen LogP contribution in [0.25, 0.3) is 0 Å². The van der Waals surface area contributed by atoms with Gasteiger partial charge in [0.1, 0.15) is 5.75 Å². The van der Waals surface area contributed by atoms with Gasteiger partial charge in [-0.15, -0.1) is 0 Å². The van der Waals surface area contributed by atoms with Gasteiger partial charge in [-0.3, -0.25) is 9.69 Å². The summed E-state index contributed by atoms with van der Waals surface area (Å²) in [7, 11) is 9.47. The molecule has 1 unspecified atom stereocenters. The number of carboxylic acids is 1. The second-order valence-electron chi connectivity index (χ2n) is 7.96. The molecule has 1 aliphatic rings. The Bertz CT molecular complexity index is 976. The lowest BCUT2D eigenvalue weighted by Gasteiger charge is -2.38. The highest BCUT2D eigenvalue weighted by molar-refractivity contribution is 5.70. The number of rotatable bonds is 10. The molecule has 1 saturated heterocycles. The summed E-state index contributed by atoms with van der Waals surface area (Å²) in [5.74, 6) is 2.18. The lowest BCUT2D eigenvalue weighted by Crippen LogP contribution is -2.39. The van der Waals surface area contributed by atoms with E-state index in [0.717, 1.165) is 11.1 Å². The van der Waals surface area contributed by atoms with Crippen LogP contribution in [-0.4, -0.2) is 71.7 Å². The van der Waals surface area contributed by atoms with Crippen LogP contribution in [0, 0.1) is 5.92 Å². The zero-order chi connectivity index (χ0) is 24.8. The molecule has 2 aromatic carbocycles. The molecule has 1 aliphatic heterocycles. The first-order valence-electron chi connectivity index (χ1n) is 11.0. The largest absolute Gasteiger partial charge is 0.496 e. The number of piperidine rings is 1. The number of ether oxygens (including phenoxy) is 6. The minimum Gasteiger partial charge on any atom is -0.496 e. The Balaban J connectivity index is 2.20. The van der Waals surface area contributed by atoms with Crippen LogP contribution < -0.4 is 28.4 Å². The van der Waals surface area contributed by atoms with Gasteiger partial charge in [-0.1, -0.05) is 0 Å². The first-order valence-corrected chi connectivity index (χ1v) is 11.0. The molecule has 1 fully saturated rings. The average molecular weight is 476 g/mol. The van der Waals surface area contributed by atoms with Crippen LogP contribution in [0.3, 0.4) is 0 Å². The van der Waals surface area contributed by atoms with Crippen LogP contribution in [0.2, 0.25) is 0 Å². The molecule has 0 amide bonds. The van der Waals surface area contributed by atoms with Crippen LogP contribution in [0.4, 0.5) is 0 Å². The van der Waals surface area contributed by atoms with Crippen molar-refractivity contribution in [1.29, 1.82) is 0 Å². The molecule has 3 rings (SSSR count). The van der Waals surface area contributed by atoms with Gasteiger partial charge in [-0.2, -0.15) is 0 Å². The second kappa shape index (κ2) is 11.2.